The molecule has 1 atom stereocenters. The molecule has 1 aromatic heterocycles. The number of carbonyl (C=O) groups excluding carboxylic acids is 1. The Balaban J connectivity index is 2.62. The van der Waals surface area contributed by atoms with Crippen LogP contribution in [0.2, 0.25) is 0 Å². The summed E-state index contributed by atoms with van der Waals surface area (Å²) in [5.74, 6) is 0.120. The minimum Gasteiger partial charge on any atom is -0.345 e. The molecule has 0 fully saturated rings. The van der Waals surface area contributed by atoms with Crippen molar-refractivity contribution in [3.8, 4) is 0 Å². The molecule has 0 aliphatic heterocycles. The zero-order valence-electron chi connectivity index (χ0n) is 10.3. The third-order valence-corrected chi connectivity index (χ3v) is 2.86. The SMILES string of the molecule is CCC(N)c1ccn(CC(=O)N(C)CC)c1. The van der Waals surface area contributed by atoms with Gasteiger partial charge in [-0.15, -0.1) is 0 Å². The number of nitrogens with two attached hydrogens (primary N) is 1. The molecule has 0 aliphatic carbocycles. The summed E-state index contributed by atoms with van der Waals surface area (Å²) in [7, 11) is 1.81. The van der Waals surface area contributed by atoms with Crippen LogP contribution in [0.15, 0.2) is 18.5 Å². The van der Waals surface area contributed by atoms with Gasteiger partial charge in [0.1, 0.15) is 6.54 Å². The number of amides is 1. The first-order valence-corrected chi connectivity index (χ1v) is 5.73. The van der Waals surface area contributed by atoms with Gasteiger partial charge in [-0.1, -0.05) is 6.92 Å². The van der Waals surface area contributed by atoms with Crippen molar-refractivity contribution in [3.05, 3.63) is 24.0 Å². The Labute approximate surface area is 97.0 Å². The van der Waals surface area contributed by atoms with Crippen molar-refractivity contribution in [2.75, 3.05) is 13.6 Å². The normalized spacial score (nSPS) is 12.5. The molecule has 1 rings (SSSR count). The van der Waals surface area contributed by atoms with E-state index in [1.165, 1.54) is 0 Å². The second kappa shape index (κ2) is 5.70. The topological polar surface area (TPSA) is 51.3 Å². The molecule has 0 saturated heterocycles. The van der Waals surface area contributed by atoms with Crippen LogP contribution in [-0.2, 0) is 11.3 Å². The van der Waals surface area contributed by atoms with E-state index >= 15 is 0 Å². The Morgan fingerprint density at radius 3 is 2.81 bits per heavy atom. The third-order valence-electron chi connectivity index (χ3n) is 2.86. The molecule has 16 heavy (non-hydrogen) atoms. The molecule has 0 radical (unpaired) electrons. The summed E-state index contributed by atoms with van der Waals surface area (Å²) in [4.78, 5) is 13.4. The van der Waals surface area contributed by atoms with E-state index in [2.05, 4.69) is 6.92 Å². The molecule has 0 aromatic carbocycles. The summed E-state index contributed by atoms with van der Waals surface area (Å²) < 4.78 is 1.89. The van der Waals surface area contributed by atoms with Gasteiger partial charge in [0.25, 0.3) is 0 Å². The quantitative estimate of drug-likeness (QED) is 0.819. The first-order valence-electron chi connectivity index (χ1n) is 5.73. The summed E-state index contributed by atoms with van der Waals surface area (Å²) in [6.07, 6.45) is 4.77. The van der Waals surface area contributed by atoms with Crippen molar-refractivity contribution in [1.29, 1.82) is 0 Å². The number of hydrogen-bond donors (Lipinski definition) is 1. The highest BCUT2D eigenvalue weighted by Gasteiger charge is 2.09. The molecular formula is C12H21N3O. The fourth-order valence-corrected chi connectivity index (χ4v) is 1.47. The maximum absolute atomic E-state index is 11.7. The Kier molecular flexibility index (Phi) is 4.55. The molecule has 4 nitrogen and oxygen atoms in total. The first-order chi connectivity index (χ1) is 7.58. The molecule has 90 valence electrons. The van der Waals surface area contributed by atoms with Crippen LogP contribution < -0.4 is 5.73 Å². The first kappa shape index (κ1) is 12.8. The van der Waals surface area contributed by atoms with Gasteiger partial charge in [-0.05, 0) is 25.0 Å². The molecule has 1 heterocycles. The van der Waals surface area contributed by atoms with E-state index in [4.69, 9.17) is 5.73 Å². The lowest BCUT2D eigenvalue weighted by atomic mass is 10.1. The highest BCUT2D eigenvalue weighted by molar-refractivity contribution is 5.75. The maximum Gasteiger partial charge on any atom is 0.242 e. The van der Waals surface area contributed by atoms with Gasteiger partial charge < -0.3 is 15.2 Å². The van der Waals surface area contributed by atoms with Crippen LogP contribution >= 0.6 is 0 Å². The van der Waals surface area contributed by atoms with Gasteiger partial charge in [-0.25, -0.2) is 0 Å². The predicted octanol–water partition coefficient (Wildman–Crippen LogP) is 1.38. The Morgan fingerprint density at radius 1 is 1.56 bits per heavy atom. The number of nitrogens with zero attached hydrogens (tertiary/aromatic N) is 2. The average Bonchev–Trinajstić information content (AvgIpc) is 2.75. The Bertz CT molecular complexity index is 346. The van der Waals surface area contributed by atoms with Crippen molar-refractivity contribution in [2.24, 2.45) is 5.73 Å². The zero-order valence-corrected chi connectivity index (χ0v) is 10.3. The van der Waals surface area contributed by atoms with E-state index in [1.807, 2.05) is 37.0 Å². The molecular weight excluding hydrogens is 202 g/mol. The highest BCUT2D eigenvalue weighted by Crippen LogP contribution is 2.13. The van der Waals surface area contributed by atoms with E-state index < -0.39 is 0 Å². The number of rotatable bonds is 5. The lowest BCUT2D eigenvalue weighted by Gasteiger charge is -2.14. The summed E-state index contributed by atoms with van der Waals surface area (Å²) in [5, 5.41) is 0. The van der Waals surface area contributed by atoms with Crippen LogP contribution in [0, 0.1) is 0 Å². The minimum atomic E-state index is 0.0697. The van der Waals surface area contributed by atoms with E-state index in [-0.39, 0.29) is 11.9 Å². The van der Waals surface area contributed by atoms with Gasteiger partial charge in [-0.2, -0.15) is 0 Å². The third kappa shape index (κ3) is 3.10. The largest absolute Gasteiger partial charge is 0.345 e. The number of carbonyl (C=O) groups is 1. The molecule has 1 amide bonds. The van der Waals surface area contributed by atoms with Crippen LogP contribution in [0.4, 0.5) is 0 Å². The van der Waals surface area contributed by atoms with E-state index in [9.17, 15) is 4.79 Å². The molecule has 0 aliphatic rings. The molecule has 0 spiro atoms. The zero-order chi connectivity index (χ0) is 12.1. The van der Waals surface area contributed by atoms with Gasteiger partial charge >= 0.3 is 0 Å². The fraction of sp³-hybridized carbons (Fsp3) is 0.583. The van der Waals surface area contributed by atoms with Crippen LogP contribution in [0.1, 0.15) is 31.9 Å². The average molecular weight is 223 g/mol. The molecule has 2 N–H and O–H groups in total. The minimum absolute atomic E-state index is 0.0697. The maximum atomic E-state index is 11.7. The summed E-state index contributed by atoms with van der Waals surface area (Å²) in [6.45, 7) is 5.15. The van der Waals surface area contributed by atoms with Crippen LogP contribution in [-0.4, -0.2) is 29.0 Å². The second-order valence-electron chi connectivity index (χ2n) is 4.04. The summed E-state index contributed by atoms with van der Waals surface area (Å²) in [6, 6.07) is 2.05. The Hall–Kier alpha value is -1.29. The van der Waals surface area contributed by atoms with Crippen molar-refractivity contribution in [2.45, 2.75) is 32.9 Å². The van der Waals surface area contributed by atoms with Gasteiger partial charge in [0, 0.05) is 32.0 Å². The molecule has 1 aromatic rings. The highest BCUT2D eigenvalue weighted by atomic mass is 16.2. The standard InChI is InChI=1S/C12H21N3O/c1-4-11(13)10-6-7-15(8-10)9-12(16)14(3)5-2/h6-8,11H,4-5,9,13H2,1-3H3. The predicted molar refractivity (Wildman–Crippen MR) is 65.0 cm³/mol. The van der Waals surface area contributed by atoms with E-state index in [1.54, 1.807) is 4.90 Å². The number of hydrogen-bond acceptors (Lipinski definition) is 2. The van der Waals surface area contributed by atoms with E-state index in [0.717, 1.165) is 18.5 Å². The lowest BCUT2D eigenvalue weighted by Crippen LogP contribution is -2.29. The van der Waals surface area contributed by atoms with Gasteiger partial charge in [0.05, 0.1) is 0 Å². The van der Waals surface area contributed by atoms with Gasteiger partial charge in [-0.3, -0.25) is 4.79 Å². The molecule has 4 heteroatoms. The molecule has 0 saturated carbocycles. The van der Waals surface area contributed by atoms with Crippen molar-refractivity contribution in [1.82, 2.24) is 9.47 Å². The smallest absolute Gasteiger partial charge is 0.242 e. The van der Waals surface area contributed by atoms with Crippen molar-refractivity contribution in [3.63, 3.8) is 0 Å². The monoisotopic (exact) mass is 223 g/mol. The van der Waals surface area contributed by atoms with Crippen LogP contribution in [0.5, 0.6) is 0 Å². The fourth-order valence-electron chi connectivity index (χ4n) is 1.47. The number of likely N-dealkylation sites (N-methyl/N-ethyl adjacent to an activating group) is 1. The molecule has 0 bridgehead atoms. The number of aromatic nitrogens is 1. The van der Waals surface area contributed by atoms with E-state index in [0.29, 0.717) is 6.54 Å². The van der Waals surface area contributed by atoms with Gasteiger partial charge in [0.15, 0.2) is 0 Å². The van der Waals surface area contributed by atoms with Crippen LogP contribution in [0.25, 0.3) is 0 Å². The Morgan fingerprint density at radius 2 is 2.25 bits per heavy atom. The summed E-state index contributed by atoms with van der Waals surface area (Å²) in [5.41, 5.74) is 7.01. The summed E-state index contributed by atoms with van der Waals surface area (Å²) >= 11 is 0. The lowest BCUT2D eigenvalue weighted by molar-refractivity contribution is -0.130. The second-order valence-corrected chi connectivity index (χ2v) is 4.04. The van der Waals surface area contributed by atoms with Crippen molar-refractivity contribution >= 4 is 5.91 Å². The van der Waals surface area contributed by atoms with Crippen molar-refractivity contribution < 1.29 is 4.79 Å². The van der Waals surface area contributed by atoms with Crippen LogP contribution in [0.3, 0.4) is 0 Å². The molecule has 1 unspecified atom stereocenters. The van der Waals surface area contributed by atoms with Gasteiger partial charge in [0.2, 0.25) is 5.91 Å².